The van der Waals surface area contributed by atoms with Crippen molar-refractivity contribution in [3.8, 4) is 5.75 Å². The third kappa shape index (κ3) is 3.25. The van der Waals surface area contributed by atoms with Crippen molar-refractivity contribution in [1.82, 2.24) is 0 Å². The van der Waals surface area contributed by atoms with Gasteiger partial charge in [-0.05, 0) is 30.3 Å². The van der Waals surface area contributed by atoms with Gasteiger partial charge in [0, 0.05) is 23.4 Å². The van der Waals surface area contributed by atoms with Gasteiger partial charge in [0.25, 0.3) is 0 Å². The molecule has 0 atom stereocenters. The zero-order valence-electron chi connectivity index (χ0n) is 10.7. The number of carbonyl (C=O) groups is 1. The predicted octanol–water partition coefficient (Wildman–Crippen LogP) is 2.41. The Morgan fingerprint density at radius 1 is 1.16 bits per heavy atom. The van der Waals surface area contributed by atoms with Crippen LogP contribution in [-0.4, -0.2) is 13.0 Å². The third-order valence-electron chi connectivity index (χ3n) is 2.84. The molecule has 0 saturated carbocycles. The maximum atomic E-state index is 11.0. The van der Waals surface area contributed by atoms with E-state index in [1.807, 2.05) is 36.4 Å². The Balaban J connectivity index is 2.04. The number of ether oxygens (including phenoxy) is 1. The molecule has 2 rings (SSSR count). The molecular formula is C15H16N2O2. The summed E-state index contributed by atoms with van der Waals surface area (Å²) in [5.74, 6) is 0.431. The first-order chi connectivity index (χ1) is 9.20. The number of hydrogen-bond donors (Lipinski definition) is 2. The molecule has 0 aliphatic heterocycles. The number of hydrogen-bond acceptors (Lipinski definition) is 3. The Morgan fingerprint density at radius 3 is 2.47 bits per heavy atom. The molecule has 3 N–H and O–H groups in total. The summed E-state index contributed by atoms with van der Waals surface area (Å²) in [5.41, 5.74) is 7.69. The molecular weight excluding hydrogens is 240 g/mol. The van der Waals surface area contributed by atoms with Gasteiger partial charge >= 0.3 is 0 Å². The number of primary amides is 1. The number of amides is 1. The minimum absolute atomic E-state index is 0.420. The molecule has 4 nitrogen and oxygen atoms in total. The lowest BCUT2D eigenvalue weighted by Gasteiger charge is -2.10. The summed E-state index contributed by atoms with van der Waals surface area (Å²) in [7, 11) is 1.65. The molecule has 2 aromatic carbocycles. The van der Waals surface area contributed by atoms with Crippen LogP contribution in [-0.2, 0) is 6.54 Å². The van der Waals surface area contributed by atoms with Gasteiger partial charge in [0.15, 0.2) is 0 Å². The average Bonchev–Trinajstić information content (AvgIpc) is 2.45. The minimum atomic E-state index is -0.420. The second-order valence-electron chi connectivity index (χ2n) is 4.11. The van der Waals surface area contributed by atoms with Crippen molar-refractivity contribution in [2.75, 3.05) is 12.4 Å². The molecule has 4 heteroatoms. The summed E-state index contributed by atoms with van der Waals surface area (Å²) >= 11 is 0. The lowest BCUT2D eigenvalue weighted by atomic mass is 10.1. The summed E-state index contributed by atoms with van der Waals surface area (Å²) in [5, 5.41) is 3.27. The first kappa shape index (κ1) is 13.0. The topological polar surface area (TPSA) is 64.3 Å². The molecule has 0 fully saturated rings. The van der Waals surface area contributed by atoms with E-state index < -0.39 is 5.91 Å². The number of methoxy groups -OCH3 is 1. The highest BCUT2D eigenvalue weighted by Crippen LogP contribution is 2.19. The highest BCUT2D eigenvalue weighted by atomic mass is 16.5. The van der Waals surface area contributed by atoms with Crippen molar-refractivity contribution in [3.63, 3.8) is 0 Å². The number of benzene rings is 2. The van der Waals surface area contributed by atoms with Gasteiger partial charge in [-0.1, -0.05) is 18.2 Å². The molecule has 98 valence electrons. The fraction of sp³-hybridized carbons (Fsp3) is 0.133. The van der Waals surface area contributed by atoms with Crippen LogP contribution in [0.1, 0.15) is 15.9 Å². The second-order valence-corrected chi connectivity index (χ2v) is 4.11. The normalized spacial score (nSPS) is 9.95. The molecule has 0 aliphatic carbocycles. The quantitative estimate of drug-likeness (QED) is 0.863. The Bertz CT molecular complexity index is 565. The Kier molecular flexibility index (Phi) is 4.03. The Morgan fingerprint density at radius 2 is 1.84 bits per heavy atom. The number of nitrogens with two attached hydrogens (primary N) is 1. The first-order valence-electron chi connectivity index (χ1n) is 5.96. The van der Waals surface area contributed by atoms with Crippen molar-refractivity contribution < 1.29 is 9.53 Å². The van der Waals surface area contributed by atoms with Crippen molar-refractivity contribution in [1.29, 1.82) is 0 Å². The molecule has 0 aromatic heterocycles. The molecule has 1 amide bonds. The second kappa shape index (κ2) is 5.91. The number of anilines is 1. The summed E-state index contributed by atoms with van der Waals surface area (Å²) < 4.78 is 5.28. The van der Waals surface area contributed by atoms with Gasteiger partial charge in [-0.3, -0.25) is 4.79 Å². The van der Waals surface area contributed by atoms with Crippen LogP contribution in [0.3, 0.4) is 0 Å². The summed E-state index contributed by atoms with van der Waals surface area (Å²) in [6.45, 7) is 0.653. The van der Waals surface area contributed by atoms with E-state index >= 15 is 0 Å². The van der Waals surface area contributed by atoms with Crippen molar-refractivity contribution in [2.24, 2.45) is 5.73 Å². The average molecular weight is 256 g/mol. The lowest BCUT2D eigenvalue weighted by Crippen LogP contribution is -2.10. The number of carbonyl (C=O) groups excluding carboxylic acids is 1. The fourth-order valence-corrected chi connectivity index (χ4v) is 1.80. The fourth-order valence-electron chi connectivity index (χ4n) is 1.80. The van der Waals surface area contributed by atoms with Gasteiger partial charge < -0.3 is 15.8 Å². The standard InChI is InChI=1S/C15H16N2O2/c1-19-14-5-3-2-4-12(14)10-17-13-8-6-11(7-9-13)15(16)18/h2-9,17H,10H2,1H3,(H2,16,18). The number of para-hydroxylation sites is 1. The maximum absolute atomic E-state index is 11.0. The van der Waals surface area contributed by atoms with Gasteiger partial charge in [-0.25, -0.2) is 0 Å². The molecule has 2 aromatic rings. The molecule has 0 unspecified atom stereocenters. The molecule has 0 spiro atoms. The monoisotopic (exact) mass is 256 g/mol. The van der Waals surface area contributed by atoms with Crippen LogP contribution in [0.15, 0.2) is 48.5 Å². The van der Waals surface area contributed by atoms with E-state index in [2.05, 4.69) is 5.32 Å². The van der Waals surface area contributed by atoms with Crippen molar-refractivity contribution in [3.05, 3.63) is 59.7 Å². The van der Waals surface area contributed by atoms with Crippen LogP contribution < -0.4 is 15.8 Å². The first-order valence-corrected chi connectivity index (χ1v) is 5.96. The molecule has 0 aliphatic rings. The van der Waals surface area contributed by atoms with Crippen LogP contribution in [0.25, 0.3) is 0 Å². The van der Waals surface area contributed by atoms with Gasteiger partial charge in [0.1, 0.15) is 5.75 Å². The Labute approximate surface area is 112 Å². The smallest absolute Gasteiger partial charge is 0.248 e. The van der Waals surface area contributed by atoms with E-state index in [1.54, 1.807) is 19.2 Å². The van der Waals surface area contributed by atoms with Crippen LogP contribution in [0.4, 0.5) is 5.69 Å². The predicted molar refractivity (Wildman–Crippen MR) is 75.3 cm³/mol. The lowest BCUT2D eigenvalue weighted by molar-refractivity contribution is 0.100. The van der Waals surface area contributed by atoms with Gasteiger partial charge in [-0.15, -0.1) is 0 Å². The summed E-state index contributed by atoms with van der Waals surface area (Å²) in [6, 6.07) is 14.9. The molecule has 0 saturated heterocycles. The van der Waals surface area contributed by atoms with Crippen LogP contribution in [0.5, 0.6) is 5.75 Å². The zero-order chi connectivity index (χ0) is 13.7. The number of nitrogens with one attached hydrogen (secondary N) is 1. The minimum Gasteiger partial charge on any atom is -0.496 e. The van der Waals surface area contributed by atoms with Crippen molar-refractivity contribution in [2.45, 2.75) is 6.54 Å². The molecule has 0 heterocycles. The van der Waals surface area contributed by atoms with Crippen LogP contribution >= 0.6 is 0 Å². The van der Waals surface area contributed by atoms with E-state index in [0.717, 1.165) is 17.0 Å². The van der Waals surface area contributed by atoms with Gasteiger partial charge in [0.05, 0.1) is 7.11 Å². The summed E-state index contributed by atoms with van der Waals surface area (Å²) in [4.78, 5) is 11.0. The van der Waals surface area contributed by atoms with E-state index in [9.17, 15) is 4.79 Å². The van der Waals surface area contributed by atoms with E-state index in [1.165, 1.54) is 0 Å². The van der Waals surface area contributed by atoms with Gasteiger partial charge in [0.2, 0.25) is 5.91 Å². The Hall–Kier alpha value is -2.49. The summed E-state index contributed by atoms with van der Waals surface area (Å²) in [6.07, 6.45) is 0. The number of rotatable bonds is 5. The zero-order valence-corrected chi connectivity index (χ0v) is 10.7. The van der Waals surface area contributed by atoms with E-state index in [-0.39, 0.29) is 0 Å². The van der Waals surface area contributed by atoms with E-state index in [0.29, 0.717) is 12.1 Å². The van der Waals surface area contributed by atoms with Gasteiger partial charge in [-0.2, -0.15) is 0 Å². The third-order valence-corrected chi connectivity index (χ3v) is 2.84. The highest BCUT2D eigenvalue weighted by Gasteiger charge is 2.02. The molecule has 0 radical (unpaired) electrons. The molecule has 0 bridgehead atoms. The van der Waals surface area contributed by atoms with Crippen molar-refractivity contribution >= 4 is 11.6 Å². The maximum Gasteiger partial charge on any atom is 0.248 e. The van der Waals surface area contributed by atoms with Crippen LogP contribution in [0.2, 0.25) is 0 Å². The highest BCUT2D eigenvalue weighted by molar-refractivity contribution is 5.93. The SMILES string of the molecule is COc1ccccc1CNc1ccc(C(N)=O)cc1. The largest absolute Gasteiger partial charge is 0.496 e. The van der Waals surface area contributed by atoms with Crippen LogP contribution in [0, 0.1) is 0 Å². The van der Waals surface area contributed by atoms with E-state index in [4.69, 9.17) is 10.5 Å². The molecule has 19 heavy (non-hydrogen) atoms.